The smallest absolute Gasteiger partial charge is 0.272 e. The lowest BCUT2D eigenvalue weighted by Crippen LogP contribution is -2.32. The van der Waals surface area contributed by atoms with Crippen molar-refractivity contribution in [2.24, 2.45) is 0 Å². The number of amides is 1. The summed E-state index contributed by atoms with van der Waals surface area (Å²) >= 11 is 0. The molecule has 0 spiro atoms. The summed E-state index contributed by atoms with van der Waals surface area (Å²) < 4.78 is 14.6. The predicted molar refractivity (Wildman–Crippen MR) is 115 cm³/mol. The van der Waals surface area contributed by atoms with E-state index in [-0.39, 0.29) is 17.1 Å². The van der Waals surface area contributed by atoms with E-state index in [1.54, 1.807) is 30.3 Å². The van der Waals surface area contributed by atoms with E-state index in [1.165, 1.54) is 12.1 Å². The summed E-state index contributed by atoms with van der Waals surface area (Å²) in [6.07, 6.45) is 0. The Balaban J connectivity index is 1.52. The highest BCUT2D eigenvalue weighted by molar-refractivity contribution is 5.95. The van der Waals surface area contributed by atoms with Crippen LogP contribution in [0.5, 0.6) is 0 Å². The van der Waals surface area contributed by atoms with Crippen molar-refractivity contribution < 1.29 is 9.18 Å². The largest absolute Gasteiger partial charge is 0.291 e. The van der Waals surface area contributed by atoms with Gasteiger partial charge >= 0.3 is 0 Å². The zero-order valence-corrected chi connectivity index (χ0v) is 16.4. The number of aryl methyl sites for hydroxylation is 2. The van der Waals surface area contributed by atoms with Gasteiger partial charge in [-0.25, -0.2) is 9.37 Å². The van der Waals surface area contributed by atoms with Crippen molar-refractivity contribution in [2.45, 2.75) is 13.8 Å². The van der Waals surface area contributed by atoms with E-state index >= 15 is 0 Å². The number of para-hydroxylation sites is 1. The molecular formula is C23H19FN4O2. The topological polar surface area (TPSA) is 86.9 Å². The van der Waals surface area contributed by atoms with Crippen molar-refractivity contribution in [3.63, 3.8) is 0 Å². The minimum absolute atomic E-state index is 0.0548. The van der Waals surface area contributed by atoms with E-state index in [0.29, 0.717) is 16.5 Å². The highest BCUT2D eigenvalue weighted by Gasteiger charge is 2.13. The second-order valence-electron chi connectivity index (χ2n) is 7.00. The number of carbonyl (C=O) groups is 1. The lowest BCUT2D eigenvalue weighted by molar-refractivity contribution is 0.0958. The van der Waals surface area contributed by atoms with Crippen molar-refractivity contribution in [3.05, 3.63) is 93.5 Å². The molecule has 0 aliphatic carbocycles. The minimum Gasteiger partial charge on any atom is -0.291 e. The van der Waals surface area contributed by atoms with Gasteiger partial charge in [0.1, 0.15) is 5.82 Å². The Morgan fingerprint density at radius 2 is 1.70 bits per heavy atom. The number of hydrogen-bond acceptors (Lipinski definition) is 4. The number of halogens is 1. The number of aromatic amines is 1. The maximum absolute atomic E-state index is 14.6. The maximum Gasteiger partial charge on any atom is 0.272 e. The molecule has 0 bridgehead atoms. The highest BCUT2D eigenvalue weighted by atomic mass is 19.1. The maximum atomic E-state index is 14.6. The number of anilines is 1. The normalized spacial score (nSPS) is 10.8. The number of hydrogen-bond donors (Lipinski definition) is 3. The molecule has 0 radical (unpaired) electrons. The van der Waals surface area contributed by atoms with Gasteiger partial charge in [-0.05, 0) is 60.4 Å². The number of rotatable bonds is 4. The number of aromatic nitrogens is 2. The molecule has 1 amide bonds. The molecule has 0 atom stereocenters. The van der Waals surface area contributed by atoms with Crippen molar-refractivity contribution in [3.8, 4) is 11.1 Å². The van der Waals surface area contributed by atoms with E-state index in [1.807, 2.05) is 32.0 Å². The summed E-state index contributed by atoms with van der Waals surface area (Å²) in [6, 6.07) is 17.1. The van der Waals surface area contributed by atoms with Crippen LogP contribution in [0.3, 0.4) is 0 Å². The predicted octanol–water partition coefficient (Wildman–Crippen LogP) is 4.10. The number of nitrogens with one attached hydrogen (secondary N) is 3. The molecule has 0 aliphatic heterocycles. The summed E-state index contributed by atoms with van der Waals surface area (Å²) in [4.78, 5) is 31.2. The molecule has 0 aliphatic rings. The van der Waals surface area contributed by atoms with Crippen LogP contribution in [-0.4, -0.2) is 15.9 Å². The molecule has 0 fully saturated rings. The van der Waals surface area contributed by atoms with Crippen molar-refractivity contribution >= 4 is 22.8 Å². The average molecular weight is 402 g/mol. The first-order valence-electron chi connectivity index (χ1n) is 9.35. The average Bonchev–Trinajstić information content (AvgIpc) is 2.74. The van der Waals surface area contributed by atoms with Gasteiger partial charge in [0.25, 0.3) is 11.5 Å². The second kappa shape index (κ2) is 7.79. The monoisotopic (exact) mass is 402 g/mol. The van der Waals surface area contributed by atoms with Gasteiger partial charge in [0, 0.05) is 0 Å². The van der Waals surface area contributed by atoms with Crippen LogP contribution in [0.15, 0.2) is 65.5 Å². The molecule has 3 N–H and O–H groups in total. The lowest BCUT2D eigenvalue weighted by atomic mass is 9.99. The van der Waals surface area contributed by atoms with Gasteiger partial charge in [-0.1, -0.05) is 36.4 Å². The van der Waals surface area contributed by atoms with E-state index in [2.05, 4.69) is 20.8 Å². The Morgan fingerprint density at radius 3 is 2.47 bits per heavy atom. The number of fused-ring (bicyclic) bond motifs is 1. The van der Waals surface area contributed by atoms with E-state index in [4.69, 9.17) is 0 Å². The molecule has 1 aromatic heterocycles. The molecule has 4 aromatic rings. The third-order valence-corrected chi connectivity index (χ3v) is 4.96. The first-order chi connectivity index (χ1) is 14.4. The van der Waals surface area contributed by atoms with Gasteiger partial charge in [-0.3, -0.25) is 25.4 Å². The Bertz CT molecular complexity index is 1330. The number of carbonyl (C=O) groups excluding carboxylic acids is 1. The Labute approximate surface area is 171 Å². The quantitative estimate of drug-likeness (QED) is 0.449. The van der Waals surface area contributed by atoms with Crippen LogP contribution in [-0.2, 0) is 0 Å². The Morgan fingerprint density at radius 1 is 0.967 bits per heavy atom. The third-order valence-electron chi connectivity index (χ3n) is 4.96. The van der Waals surface area contributed by atoms with Crippen LogP contribution in [0.4, 0.5) is 10.3 Å². The molecule has 0 saturated carbocycles. The SMILES string of the molecule is Cc1ccc(-c2ccc(C(=O)NNc3nc4ccccc4c(=O)[nH]3)c(F)c2)cc1C. The van der Waals surface area contributed by atoms with Crippen LogP contribution in [0, 0.1) is 19.7 Å². The Kier molecular flexibility index (Phi) is 5.02. The number of H-pyrrole nitrogens is 1. The van der Waals surface area contributed by atoms with Gasteiger partial charge in [0.2, 0.25) is 5.95 Å². The molecule has 150 valence electrons. The second-order valence-corrected chi connectivity index (χ2v) is 7.00. The summed E-state index contributed by atoms with van der Waals surface area (Å²) in [5.41, 5.74) is 8.71. The highest BCUT2D eigenvalue weighted by Crippen LogP contribution is 2.24. The van der Waals surface area contributed by atoms with Gasteiger partial charge in [0.15, 0.2) is 0 Å². The summed E-state index contributed by atoms with van der Waals surface area (Å²) in [5, 5.41) is 0.433. The fourth-order valence-corrected chi connectivity index (χ4v) is 3.13. The zero-order valence-electron chi connectivity index (χ0n) is 16.4. The summed E-state index contributed by atoms with van der Waals surface area (Å²) in [6.45, 7) is 4.01. The van der Waals surface area contributed by atoms with Crippen LogP contribution < -0.4 is 16.4 Å². The lowest BCUT2D eigenvalue weighted by Gasteiger charge is -2.10. The van der Waals surface area contributed by atoms with E-state index in [9.17, 15) is 14.0 Å². The first-order valence-corrected chi connectivity index (χ1v) is 9.35. The van der Waals surface area contributed by atoms with Crippen LogP contribution in [0.2, 0.25) is 0 Å². The van der Waals surface area contributed by atoms with Crippen LogP contribution in [0.1, 0.15) is 21.5 Å². The Hall–Kier alpha value is -4.00. The molecule has 6 nitrogen and oxygen atoms in total. The third kappa shape index (κ3) is 3.77. The summed E-state index contributed by atoms with van der Waals surface area (Å²) in [7, 11) is 0. The van der Waals surface area contributed by atoms with Crippen molar-refractivity contribution in [1.82, 2.24) is 15.4 Å². The van der Waals surface area contributed by atoms with E-state index in [0.717, 1.165) is 16.7 Å². The van der Waals surface area contributed by atoms with Crippen molar-refractivity contribution in [2.75, 3.05) is 5.43 Å². The standard InChI is InChI=1S/C23H19FN4O2/c1-13-7-8-15(11-14(13)2)16-9-10-17(19(24)12-16)22(30)27-28-23-25-20-6-4-3-5-18(20)21(29)26-23/h3-12H,1-2H3,(H,27,30)(H2,25,26,28,29). The first kappa shape index (κ1) is 19.3. The molecule has 4 rings (SSSR count). The molecule has 3 aromatic carbocycles. The fraction of sp³-hybridized carbons (Fsp3) is 0.0870. The minimum atomic E-state index is -0.685. The molecule has 1 heterocycles. The van der Waals surface area contributed by atoms with Gasteiger partial charge in [-0.2, -0.15) is 0 Å². The van der Waals surface area contributed by atoms with Gasteiger partial charge < -0.3 is 0 Å². The molecular weight excluding hydrogens is 383 g/mol. The van der Waals surface area contributed by atoms with Crippen molar-refractivity contribution in [1.29, 1.82) is 0 Å². The number of benzene rings is 3. The molecule has 0 saturated heterocycles. The number of nitrogens with zero attached hydrogens (tertiary/aromatic N) is 1. The fourth-order valence-electron chi connectivity index (χ4n) is 3.13. The molecule has 0 unspecified atom stereocenters. The number of hydrazine groups is 1. The zero-order chi connectivity index (χ0) is 21.3. The van der Waals surface area contributed by atoms with Gasteiger partial charge in [-0.15, -0.1) is 0 Å². The summed E-state index contributed by atoms with van der Waals surface area (Å²) in [5.74, 6) is -1.28. The van der Waals surface area contributed by atoms with Gasteiger partial charge in [0.05, 0.1) is 16.5 Å². The molecule has 7 heteroatoms. The van der Waals surface area contributed by atoms with Crippen LogP contribution >= 0.6 is 0 Å². The van der Waals surface area contributed by atoms with Crippen LogP contribution in [0.25, 0.3) is 22.0 Å². The molecule has 30 heavy (non-hydrogen) atoms. The van der Waals surface area contributed by atoms with E-state index < -0.39 is 11.7 Å².